The number of nitrogens with zero attached hydrogens (tertiary/aromatic N) is 4. The van der Waals surface area contributed by atoms with Crippen LogP contribution in [0.15, 0.2) is 121 Å². The van der Waals surface area contributed by atoms with Crippen molar-refractivity contribution < 1.29 is 33.6 Å². The van der Waals surface area contributed by atoms with Crippen LogP contribution in [0.2, 0.25) is 0 Å². The molecule has 1 N–H and O–H groups in total. The first-order valence-corrected chi connectivity index (χ1v) is 19.5. The average Bonchev–Trinajstić information content (AvgIpc) is 3.20. The van der Waals surface area contributed by atoms with E-state index in [1.54, 1.807) is 20.8 Å². The Morgan fingerprint density at radius 1 is 0.525 bits per heavy atom. The molecule has 0 atom stereocenters. The van der Waals surface area contributed by atoms with Crippen molar-refractivity contribution in [3.05, 3.63) is 167 Å². The smallest absolute Gasteiger partial charge is 0.367 e. The first-order chi connectivity index (χ1) is 28.1. The van der Waals surface area contributed by atoms with Crippen molar-refractivity contribution in [1.82, 2.24) is 19.9 Å². The molecule has 11 heteroatoms. The van der Waals surface area contributed by atoms with Gasteiger partial charge in [0.25, 0.3) is 11.8 Å². The van der Waals surface area contributed by atoms with Crippen molar-refractivity contribution in [2.75, 3.05) is 0 Å². The minimum Gasteiger partial charge on any atom is -0.491 e. The molecule has 0 saturated heterocycles. The first kappa shape index (κ1) is 42.0. The SMILES string of the molecule is CC(C)(C)OC(=O)c1nc(CC(C)(C)c2ccccc2)nc(OC(=O)c2nc(CC(C)(C)c3ccccc3)nc(O)c2OCc2ccccc2)c1OCc1ccccc1. The van der Waals surface area contributed by atoms with Crippen molar-refractivity contribution >= 4 is 11.9 Å². The van der Waals surface area contributed by atoms with Gasteiger partial charge in [0.2, 0.25) is 11.5 Å². The van der Waals surface area contributed by atoms with Crippen molar-refractivity contribution in [2.45, 2.75) is 91.0 Å². The topological polar surface area (TPSA) is 143 Å². The maximum absolute atomic E-state index is 14.6. The Labute approximate surface area is 345 Å². The van der Waals surface area contributed by atoms with E-state index in [2.05, 4.69) is 9.97 Å². The Balaban J connectivity index is 1.46. The molecule has 0 fully saturated rings. The summed E-state index contributed by atoms with van der Waals surface area (Å²) in [7, 11) is 0. The van der Waals surface area contributed by atoms with E-state index >= 15 is 0 Å². The summed E-state index contributed by atoms with van der Waals surface area (Å²) >= 11 is 0. The van der Waals surface area contributed by atoms with Crippen molar-refractivity contribution in [2.24, 2.45) is 0 Å². The molecule has 4 aromatic carbocycles. The van der Waals surface area contributed by atoms with Gasteiger partial charge in [-0.3, -0.25) is 0 Å². The van der Waals surface area contributed by atoms with Gasteiger partial charge in [0.15, 0.2) is 11.4 Å². The van der Waals surface area contributed by atoms with Gasteiger partial charge in [-0.15, -0.1) is 0 Å². The van der Waals surface area contributed by atoms with Crippen LogP contribution in [0.3, 0.4) is 0 Å². The van der Waals surface area contributed by atoms with E-state index in [4.69, 9.17) is 28.9 Å². The molecule has 2 aromatic heterocycles. The molecule has 0 aliphatic heterocycles. The normalized spacial score (nSPS) is 11.8. The second kappa shape index (κ2) is 17.9. The highest BCUT2D eigenvalue weighted by molar-refractivity contribution is 5.94. The van der Waals surface area contributed by atoms with Crippen molar-refractivity contribution in [3.63, 3.8) is 0 Å². The van der Waals surface area contributed by atoms with Gasteiger partial charge >= 0.3 is 11.9 Å². The standard InChI is InChI=1S/C48H50N4O7/c1-46(2,3)59-45(55)39-41(57-31-33-22-14-9-15-23-33)43(52-37(50-39)29-48(6,7)35-26-18-11-19-27-35)58-44(54)38-40(56-30-32-20-12-8-13-21-32)42(53)51-36(49-38)28-47(4,5)34-24-16-10-17-25-34/h8-27H,28-31H2,1-7H3,(H,49,51,53). The highest BCUT2D eigenvalue weighted by atomic mass is 16.6. The van der Waals surface area contributed by atoms with Crippen LogP contribution < -0.4 is 14.2 Å². The Morgan fingerprint density at radius 2 is 0.932 bits per heavy atom. The molecule has 0 aliphatic carbocycles. The highest BCUT2D eigenvalue weighted by Gasteiger charge is 2.33. The van der Waals surface area contributed by atoms with E-state index in [-0.39, 0.29) is 66.5 Å². The van der Waals surface area contributed by atoms with Crippen LogP contribution in [-0.2, 0) is 41.6 Å². The Kier molecular flexibility index (Phi) is 12.7. The first-order valence-electron chi connectivity index (χ1n) is 19.5. The summed E-state index contributed by atoms with van der Waals surface area (Å²) in [6, 6.07) is 38.2. The second-order valence-corrected chi connectivity index (χ2v) is 16.6. The number of aromatic hydroxyl groups is 1. The van der Waals surface area contributed by atoms with Gasteiger partial charge in [-0.2, -0.15) is 9.97 Å². The minimum atomic E-state index is -1.03. The molecule has 59 heavy (non-hydrogen) atoms. The van der Waals surface area contributed by atoms with Crippen molar-refractivity contribution in [3.8, 4) is 23.3 Å². The van der Waals surface area contributed by atoms with Gasteiger partial charge < -0.3 is 24.1 Å². The average molecular weight is 795 g/mol. The van der Waals surface area contributed by atoms with Crippen LogP contribution in [0.4, 0.5) is 0 Å². The van der Waals surface area contributed by atoms with Crippen LogP contribution >= 0.6 is 0 Å². The highest BCUT2D eigenvalue weighted by Crippen LogP contribution is 2.37. The molecular formula is C48H50N4O7. The number of aromatic nitrogens is 4. The van der Waals surface area contributed by atoms with Gasteiger partial charge in [0.05, 0.1) is 0 Å². The van der Waals surface area contributed by atoms with E-state index < -0.39 is 34.2 Å². The molecule has 6 aromatic rings. The number of ether oxygens (including phenoxy) is 4. The van der Waals surface area contributed by atoms with Crippen LogP contribution in [-0.4, -0.2) is 42.6 Å². The number of hydrogen-bond acceptors (Lipinski definition) is 11. The maximum Gasteiger partial charge on any atom is 0.367 e. The van der Waals surface area contributed by atoms with Crippen LogP contribution in [0.25, 0.3) is 0 Å². The molecule has 11 nitrogen and oxygen atoms in total. The minimum absolute atomic E-state index is 0.00660. The number of esters is 2. The summed E-state index contributed by atoms with van der Waals surface area (Å²) in [5, 5.41) is 11.4. The van der Waals surface area contributed by atoms with Gasteiger partial charge in [0.1, 0.15) is 30.5 Å². The lowest BCUT2D eigenvalue weighted by molar-refractivity contribution is 0.00556. The number of benzene rings is 4. The van der Waals surface area contributed by atoms with Gasteiger partial charge in [-0.1, -0.05) is 149 Å². The predicted octanol–water partition coefficient (Wildman–Crippen LogP) is 9.35. The number of rotatable bonds is 15. The van der Waals surface area contributed by atoms with Crippen LogP contribution in [0, 0.1) is 0 Å². The lowest BCUT2D eigenvalue weighted by Gasteiger charge is -2.26. The number of carbonyl (C=O) groups excluding carboxylic acids is 2. The fourth-order valence-electron chi connectivity index (χ4n) is 6.42. The fourth-order valence-corrected chi connectivity index (χ4v) is 6.42. The zero-order valence-electron chi connectivity index (χ0n) is 34.6. The third-order valence-corrected chi connectivity index (χ3v) is 9.51. The summed E-state index contributed by atoms with van der Waals surface area (Å²) in [6.07, 6.45) is 0.499. The molecule has 0 saturated carbocycles. The molecule has 304 valence electrons. The molecule has 0 amide bonds. The molecule has 0 radical (unpaired) electrons. The third-order valence-electron chi connectivity index (χ3n) is 9.51. The molecule has 0 unspecified atom stereocenters. The largest absolute Gasteiger partial charge is 0.491 e. The molecule has 2 heterocycles. The molecular weight excluding hydrogens is 745 g/mol. The van der Waals surface area contributed by atoms with E-state index in [1.165, 1.54) is 0 Å². The lowest BCUT2D eigenvalue weighted by atomic mass is 9.81. The molecule has 0 bridgehead atoms. The maximum atomic E-state index is 14.6. The van der Waals surface area contributed by atoms with E-state index in [0.29, 0.717) is 0 Å². The summed E-state index contributed by atoms with van der Waals surface area (Å²) in [5.41, 5.74) is 1.11. The monoisotopic (exact) mass is 794 g/mol. The van der Waals surface area contributed by atoms with E-state index in [0.717, 1.165) is 22.3 Å². The van der Waals surface area contributed by atoms with Crippen LogP contribution in [0.1, 0.15) is 103 Å². The second-order valence-electron chi connectivity index (χ2n) is 16.6. The number of carbonyl (C=O) groups is 2. The summed E-state index contributed by atoms with van der Waals surface area (Å²) < 4.78 is 24.3. The van der Waals surface area contributed by atoms with Gasteiger partial charge in [0, 0.05) is 12.8 Å². The van der Waals surface area contributed by atoms with E-state index in [1.807, 2.05) is 149 Å². The van der Waals surface area contributed by atoms with E-state index in [9.17, 15) is 14.7 Å². The molecule has 0 aliphatic rings. The molecule has 6 rings (SSSR count). The Morgan fingerprint density at radius 3 is 1.39 bits per heavy atom. The summed E-state index contributed by atoms with van der Waals surface area (Å²) in [6.45, 7) is 13.3. The van der Waals surface area contributed by atoms with Crippen LogP contribution in [0.5, 0.6) is 23.3 Å². The summed E-state index contributed by atoms with van der Waals surface area (Å²) in [4.78, 5) is 47.1. The fraction of sp³-hybridized carbons (Fsp3) is 0.292. The van der Waals surface area contributed by atoms with Crippen molar-refractivity contribution in [1.29, 1.82) is 0 Å². The summed E-state index contributed by atoms with van der Waals surface area (Å²) in [5.74, 6) is -2.80. The predicted molar refractivity (Wildman–Crippen MR) is 224 cm³/mol. The lowest BCUT2D eigenvalue weighted by Crippen LogP contribution is -2.27. The van der Waals surface area contributed by atoms with Gasteiger partial charge in [-0.25, -0.2) is 19.6 Å². The zero-order valence-corrected chi connectivity index (χ0v) is 34.6. The Hall–Kier alpha value is -6.62. The quantitative estimate of drug-likeness (QED) is 0.0994. The molecule has 0 spiro atoms. The Bertz CT molecular complexity index is 2360. The zero-order chi connectivity index (χ0) is 42.2. The van der Waals surface area contributed by atoms with Gasteiger partial charge in [-0.05, 0) is 53.9 Å². The number of hydrogen-bond donors (Lipinski definition) is 1. The third kappa shape index (κ3) is 11.1.